The molecule has 1 amide bonds. The molecule has 0 aromatic carbocycles. The molecule has 2 aliphatic rings. The van der Waals surface area contributed by atoms with Crippen LogP contribution in [0.2, 0.25) is 0 Å². The van der Waals surface area contributed by atoms with Crippen LogP contribution in [-0.2, 0) is 14.3 Å². The molecule has 2 fully saturated rings. The van der Waals surface area contributed by atoms with E-state index in [0.717, 1.165) is 0 Å². The molecule has 0 bridgehead atoms. The predicted molar refractivity (Wildman–Crippen MR) is 74.6 cm³/mol. The number of alkyl halides is 3. The predicted octanol–water partition coefficient (Wildman–Crippen LogP) is 2.35. The van der Waals surface area contributed by atoms with Crippen molar-refractivity contribution >= 4 is 11.9 Å². The van der Waals surface area contributed by atoms with E-state index in [2.05, 4.69) is 5.32 Å². The Morgan fingerprint density at radius 2 is 1.78 bits per heavy atom. The molecule has 0 spiro atoms. The first-order valence-corrected chi connectivity index (χ1v) is 7.92. The zero-order valence-corrected chi connectivity index (χ0v) is 12.8. The summed E-state index contributed by atoms with van der Waals surface area (Å²) in [4.78, 5) is 23.7. The van der Waals surface area contributed by atoms with Crippen molar-refractivity contribution in [3.63, 3.8) is 0 Å². The standard InChI is InChI=1S/C15H22F3NO4/c16-15(17,18)11-4-2-1-3-10(11)12(20)19-9-14(13(21)22)5-7-23-8-6-14/h10-11H,1-9H2,(H,19,20)(H,21,22). The van der Waals surface area contributed by atoms with Crippen LogP contribution in [0.5, 0.6) is 0 Å². The van der Waals surface area contributed by atoms with Crippen LogP contribution in [0.15, 0.2) is 0 Å². The van der Waals surface area contributed by atoms with E-state index in [-0.39, 0.29) is 45.4 Å². The fraction of sp³-hybridized carbons (Fsp3) is 0.867. The Morgan fingerprint density at radius 1 is 1.17 bits per heavy atom. The summed E-state index contributed by atoms with van der Waals surface area (Å²) in [6, 6.07) is 0. The molecule has 0 aromatic rings. The topological polar surface area (TPSA) is 75.6 Å². The van der Waals surface area contributed by atoms with Crippen molar-refractivity contribution in [3.8, 4) is 0 Å². The van der Waals surface area contributed by atoms with Gasteiger partial charge in [-0.1, -0.05) is 12.8 Å². The number of aliphatic carboxylic acids is 1. The first-order chi connectivity index (χ1) is 10.8. The van der Waals surface area contributed by atoms with E-state index in [0.29, 0.717) is 12.8 Å². The van der Waals surface area contributed by atoms with Gasteiger partial charge >= 0.3 is 12.1 Å². The summed E-state index contributed by atoms with van der Waals surface area (Å²) < 4.78 is 44.3. The number of carboxylic acids is 1. The number of carbonyl (C=O) groups excluding carboxylic acids is 1. The lowest BCUT2D eigenvalue weighted by Gasteiger charge is -2.35. The monoisotopic (exact) mass is 337 g/mol. The molecule has 8 heteroatoms. The van der Waals surface area contributed by atoms with Crippen LogP contribution >= 0.6 is 0 Å². The summed E-state index contributed by atoms with van der Waals surface area (Å²) in [5.74, 6) is -4.47. The average molecular weight is 337 g/mol. The minimum absolute atomic E-state index is 0.0422. The van der Waals surface area contributed by atoms with Gasteiger partial charge in [-0.05, 0) is 25.7 Å². The highest BCUT2D eigenvalue weighted by Gasteiger charge is 2.48. The Labute approximate surface area is 132 Å². The van der Waals surface area contributed by atoms with Crippen molar-refractivity contribution in [2.24, 2.45) is 17.3 Å². The number of hydrogen-bond acceptors (Lipinski definition) is 3. The second-order valence-electron chi connectivity index (χ2n) is 6.45. The number of halogens is 3. The highest BCUT2D eigenvalue weighted by molar-refractivity contribution is 5.81. The number of carboxylic acid groups (broad SMARTS) is 1. The smallest absolute Gasteiger partial charge is 0.392 e. The summed E-state index contributed by atoms with van der Waals surface area (Å²) in [6.45, 7) is 0.402. The van der Waals surface area contributed by atoms with Crippen LogP contribution in [0.3, 0.4) is 0 Å². The molecule has 1 saturated carbocycles. The molecule has 2 N–H and O–H groups in total. The number of nitrogens with one attached hydrogen (secondary N) is 1. The van der Waals surface area contributed by atoms with Crippen molar-refractivity contribution in [1.29, 1.82) is 0 Å². The molecular weight excluding hydrogens is 315 g/mol. The van der Waals surface area contributed by atoms with Gasteiger partial charge in [-0.25, -0.2) is 0 Å². The van der Waals surface area contributed by atoms with Crippen molar-refractivity contribution in [2.75, 3.05) is 19.8 Å². The third kappa shape index (κ3) is 4.16. The van der Waals surface area contributed by atoms with E-state index in [1.165, 1.54) is 0 Å². The first-order valence-electron chi connectivity index (χ1n) is 7.92. The molecule has 132 valence electrons. The second kappa shape index (κ2) is 7.07. The molecule has 0 radical (unpaired) electrons. The Hall–Kier alpha value is -1.31. The number of carbonyl (C=O) groups is 2. The zero-order chi connectivity index (χ0) is 17.1. The first kappa shape index (κ1) is 18.0. The van der Waals surface area contributed by atoms with Crippen LogP contribution < -0.4 is 5.32 Å². The summed E-state index contributed by atoms with van der Waals surface area (Å²) in [5.41, 5.74) is -1.14. The van der Waals surface area contributed by atoms with E-state index in [9.17, 15) is 27.9 Å². The average Bonchev–Trinajstić information content (AvgIpc) is 2.52. The van der Waals surface area contributed by atoms with Crippen LogP contribution in [0, 0.1) is 17.3 Å². The maximum absolute atomic E-state index is 13.1. The number of rotatable bonds is 4. The highest BCUT2D eigenvalue weighted by atomic mass is 19.4. The van der Waals surface area contributed by atoms with Crippen LogP contribution in [0.4, 0.5) is 13.2 Å². The minimum atomic E-state index is -4.40. The Kier molecular flexibility index (Phi) is 5.54. The number of ether oxygens (including phenoxy) is 1. The normalized spacial score (nSPS) is 28.1. The van der Waals surface area contributed by atoms with Gasteiger partial charge in [-0.15, -0.1) is 0 Å². The van der Waals surface area contributed by atoms with Crippen LogP contribution in [0.25, 0.3) is 0 Å². The molecule has 1 saturated heterocycles. The van der Waals surface area contributed by atoms with Crippen molar-refractivity contribution < 1.29 is 32.6 Å². The molecule has 0 aromatic heterocycles. The summed E-state index contributed by atoms with van der Waals surface area (Å²) in [6.07, 6.45) is -2.71. The third-order valence-electron chi connectivity index (χ3n) is 5.03. The minimum Gasteiger partial charge on any atom is -0.481 e. The summed E-state index contributed by atoms with van der Waals surface area (Å²) >= 11 is 0. The third-order valence-corrected chi connectivity index (χ3v) is 5.03. The van der Waals surface area contributed by atoms with Gasteiger partial charge in [0.2, 0.25) is 5.91 Å². The lowest BCUT2D eigenvalue weighted by Crippen LogP contribution is -2.49. The van der Waals surface area contributed by atoms with E-state index in [4.69, 9.17) is 4.74 Å². The van der Waals surface area contributed by atoms with Gasteiger partial charge in [0.15, 0.2) is 0 Å². The quantitative estimate of drug-likeness (QED) is 0.826. The number of hydrogen-bond donors (Lipinski definition) is 2. The van der Waals surface area contributed by atoms with E-state index >= 15 is 0 Å². The van der Waals surface area contributed by atoms with E-state index < -0.39 is 35.3 Å². The van der Waals surface area contributed by atoms with Crippen molar-refractivity contribution in [3.05, 3.63) is 0 Å². The van der Waals surface area contributed by atoms with Gasteiger partial charge in [-0.2, -0.15) is 13.2 Å². The Morgan fingerprint density at radius 3 is 2.35 bits per heavy atom. The molecule has 23 heavy (non-hydrogen) atoms. The zero-order valence-electron chi connectivity index (χ0n) is 12.8. The highest BCUT2D eigenvalue weighted by Crippen LogP contribution is 2.41. The Bertz CT molecular complexity index is 446. The van der Waals surface area contributed by atoms with E-state index in [1.807, 2.05) is 0 Å². The fourth-order valence-electron chi connectivity index (χ4n) is 3.45. The Balaban J connectivity index is 2.01. The van der Waals surface area contributed by atoms with Crippen molar-refractivity contribution in [2.45, 2.75) is 44.7 Å². The van der Waals surface area contributed by atoms with Gasteiger partial charge < -0.3 is 15.2 Å². The van der Waals surface area contributed by atoms with Gasteiger partial charge in [0, 0.05) is 25.7 Å². The van der Waals surface area contributed by atoms with Gasteiger partial charge in [0.25, 0.3) is 0 Å². The fourth-order valence-corrected chi connectivity index (χ4v) is 3.45. The molecular formula is C15H22F3NO4. The summed E-state index contributed by atoms with van der Waals surface area (Å²) in [7, 11) is 0. The molecule has 2 unspecified atom stereocenters. The van der Waals surface area contributed by atoms with Gasteiger partial charge in [-0.3, -0.25) is 9.59 Å². The molecule has 1 aliphatic heterocycles. The largest absolute Gasteiger partial charge is 0.481 e. The number of amides is 1. The maximum atomic E-state index is 13.1. The van der Waals surface area contributed by atoms with Gasteiger partial charge in [0.1, 0.15) is 0 Å². The summed E-state index contributed by atoms with van der Waals surface area (Å²) in [5, 5.41) is 11.9. The maximum Gasteiger partial charge on any atom is 0.392 e. The molecule has 2 atom stereocenters. The van der Waals surface area contributed by atoms with Gasteiger partial charge in [0.05, 0.1) is 11.3 Å². The molecule has 1 heterocycles. The van der Waals surface area contributed by atoms with Crippen molar-refractivity contribution in [1.82, 2.24) is 5.32 Å². The van der Waals surface area contributed by atoms with E-state index in [1.54, 1.807) is 0 Å². The lowest BCUT2D eigenvalue weighted by atomic mass is 9.77. The lowest BCUT2D eigenvalue weighted by molar-refractivity contribution is -0.198. The molecule has 5 nitrogen and oxygen atoms in total. The van der Waals surface area contributed by atoms with Crippen LogP contribution in [-0.4, -0.2) is 42.9 Å². The molecule has 2 rings (SSSR count). The second-order valence-corrected chi connectivity index (χ2v) is 6.45. The van der Waals surface area contributed by atoms with Crippen LogP contribution in [0.1, 0.15) is 38.5 Å². The molecule has 1 aliphatic carbocycles. The SMILES string of the molecule is O=C(NCC1(C(=O)O)CCOCC1)C1CCCCC1C(F)(F)F.